The van der Waals surface area contributed by atoms with Crippen LogP contribution in [-0.4, -0.2) is 82.5 Å². The van der Waals surface area contributed by atoms with E-state index < -0.39 is 18.2 Å². The van der Waals surface area contributed by atoms with Crippen LogP contribution in [0.3, 0.4) is 0 Å². The second-order valence-electron chi connectivity index (χ2n) is 8.64. The molecule has 0 radical (unpaired) electrons. The second-order valence-corrected chi connectivity index (χ2v) is 9.49. The minimum absolute atomic E-state index is 0. The predicted molar refractivity (Wildman–Crippen MR) is 129 cm³/mol. The number of aliphatic hydroxyl groups excluding tert-OH is 2. The maximum absolute atomic E-state index is 10.7. The maximum atomic E-state index is 10.7. The molecule has 0 aliphatic heterocycles. The van der Waals surface area contributed by atoms with Crippen LogP contribution in [0.4, 0.5) is 0 Å². The number of hydrogen-bond acceptors (Lipinski definition) is 5. The first-order valence-corrected chi connectivity index (χ1v) is 11.5. The Morgan fingerprint density at radius 2 is 2.03 bits per heavy atom. The van der Waals surface area contributed by atoms with Crippen LogP contribution in [0, 0.1) is 12.3 Å². The third-order valence-electron chi connectivity index (χ3n) is 5.71. The van der Waals surface area contributed by atoms with Crippen LogP contribution in [0.25, 0.3) is 5.57 Å². The van der Waals surface area contributed by atoms with Crippen LogP contribution in [0.2, 0.25) is 0 Å². The van der Waals surface area contributed by atoms with E-state index in [-0.39, 0.29) is 53.9 Å². The van der Waals surface area contributed by atoms with Crippen molar-refractivity contribution in [3.63, 3.8) is 0 Å². The Kier molecular flexibility index (Phi) is 11.5. The van der Waals surface area contributed by atoms with Crippen LogP contribution in [0.5, 0.6) is 0 Å². The van der Waals surface area contributed by atoms with E-state index in [2.05, 4.69) is 45.2 Å². The third-order valence-corrected chi connectivity index (χ3v) is 6.61. The van der Waals surface area contributed by atoms with Crippen molar-refractivity contribution in [2.75, 3.05) is 13.4 Å². The molecule has 3 atom stereocenters. The Balaban J connectivity index is 0.00000480. The van der Waals surface area contributed by atoms with Gasteiger partial charge in [0.05, 0.1) is 24.7 Å². The Hall–Kier alpha value is -0.600. The van der Waals surface area contributed by atoms with E-state index in [1.54, 1.807) is 24.9 Å². The average molecular weight is 459 g/mol. The van der Waals surface area contributed by atoms with Gasteiger partial charge in [-0.05, 0) is 59.8 Å². The van der Waals surface area contributed by atoms with E-state index in [4.69, 9.17) is 9.84 Å². The van der Waals surface area contributed by atoms with Crippen molar-refractivity contribution >= 4 is 52.9 Å². The summed E-state index contributed by atoms with van der Waals surface area (Å²) >= 11 is 1.73. The molecule has 0 fully saturated rings. The molecular formula is C24H35NaO5S. The molecule has 0 aromatic heterocycles. The Morgan fingerprint density at radius 3 is 2.58 bits per heavy atom. The molecule has 0 bridgehead atoms. The number of ether oxygens (including phenoxy) is 1. The second kappa shape index (κ2) is 12.6. The molecule has 0 amide bonds. The summed E-state index contributed by atoms with van der Waals surface area (Å²) in [7, 11) is 1.74. The molecule has 1 aromatic carbocycles. The predicted octanol–water partition coefficient (Wildman–Crippen LogP) is 3.80. The first-order chi connectivity index (χ1) is 14.1. The van der Waals surface area contributed by atoms with Crippen molar-refractivity contribution in [1.29, 1.82) is 0 Å². The topological polar surface area (TPSA) is 87.0 Å². The summed E-state index contributed by atoms with van der Waals surface area (Å²) in [6.07, 6.45) is 5.08. The molecular weight excluding hydrogens is 423 g/mol. The van der Waals surface area contributed by atoms with Gasteiger partial charge in [-0.3, -0.25) is 4.79 Å². The summed E-state index contributed by atoms with van der Waals surface area (Å²) in [4.78, 5) is 12.0. The van der Waals surface area contributed by atoms with Crippen LogP contribution in [0.1, 0.15) is 50.7 Å². The van der Waals surface area contributed by atoms with Crippen LogP contribution in [-0.2, 0) is 9.53 Å². The molecule has 5 nitrogen and oxygen atoms in total. The third kappa shape index (κ3) is 8.04. The number of allylic oxidation sites excluding steroid dienone is 2. The molecule has 2 rings (SSSR count). The van der Waals surface area contributed by atoms with Crippen LogP contribution < -0.4 is 0 Å². The summed E-state index contributed by atoms with van der Waals surface area (Å²) in [5.74, 6) is -1.08. The zero-order valence-corrected chi connectivity index (χ0v) is 19.3. The van der Waals surface area contributed by atoms with Gasteiger partial charge in [-0.1, -0.05) is 38.1 Å². The quantitative estimate of drug-likeness (QED) is 0.385. The zero-order chi connectivity index (χ0) is 22.5. The van der Waals surface area contributed by atoms with Crippen molar-refractivity contribution < 1.29 is 24.9 Å². The van der Waals surface area contributed by atoms with Gasteiger partial charge in [0, 0.05) is 18.4 Å². The van der Waals surface area contributed by atoms with E-state index in [1.807, 2.05) is 6.08 Å². The molecule has 0 saturated carbocycles. The van der Waals surface area contributed by atoms with Crippen molar-refractivity contribution in [3.8, 4) is 0 Å². The number of carboxylic acid groups (broad SMARTS) is 1. The number of carboxylic acids is 1. The number of aryl methyl sites for hydroxylation is 1. The summed E-state index contributed by atoms with van der Waals surface area (Å²) in [6.45, 7) is 6.46. The van der Waals surface area contributed by atoms with E-state index in [1.165, 1.54) is 16.0 Å². The number of benzene rings is 1. The minimum atomic E-state index is -1.08. The van der Waals surface area contributed by atoms with Gasteiger partial charge in [-0.25, -0.2) is 0 Å². The van der Waals surface area contributed by atoms with E-state index in [0.717, 1.165) is 24.0 Å². The monoisotopic (exact) mass is 458 g/mol. The van der Waals surface area contributed by atoms with Crippen molar-refractivity contribution in [2.24, 2.45) is 5.41 Å². The molecule has 1 aliphatic rings. The van der Waals surface area contributed by atoms with Crippen LogP contribution >= 0.6 is 11.8 Å². The van der Waals surface area contributed by atoms with Gasteiger partial charge in [-0.15, -0.1) is 11.8 Å². The van der Waals surface area contributed by atoms with Gasteiger partial charge in [-0.2, -0.15) is 0 Å². The van der Waals surface area contributed by atoms with Gasteiger partial charge >= 0.3 is 35.5 Å². The number of aliphatic carboxylic acids is 1. The number of thioether (sulfide) groups is 1. The standard InChI is InChI=1S/C24H34O5S.Na.H/c1-15-10-16(6-9-22(15)30-5)20-13-19(29-4)14-24(2,3)21(20)8-7-17(25)11-18(26)12-23(27)28;;/h6-10,17-19,25-26H,11-14H2,1-5H3,(H,27,28);;/b8-7+;;. The first-order valence-electron chi connectivity index (χ1n) is 10.2. The number of rotatable bonds is 9. The fourth-order valence-corrected chi connectivity index (χ4v) is 4.76. The normalized spacial score (nSPS) is 20.4. The average Bonchev–Trinajstić information content (AvgIpc) is 2.64. The molecule has 168 valence electrons. The van der Waals surface area contributed by atoms with E-state index in [0.29, 0.717) is 0 Å². The van der Waals surface area contributed by atoms with E-state index >= 15 is 0 Å². The summed E-state index contributed by atoms with van der Waals surface area (Å²) in [6, 6.07) is 6.49. The number of carbonyl (C=O) groups is 1. The SMILES string of the molecule is COC1CC(c2ccc(SC)c(C)c2)=C(/C=C/C(O)CC(O)CC(=O)O)C(C)(C)C1.[NaH]. The fraction of sp³-hybridized carbons (Fsp3) is 0.542. The van der Waals surface area contributed by atoms with Crippen LogP contribution in [0.15, 0.2) is 40.8 Å². The van der Waals surface area contributed by atoms with Gasteiger partial charge in [0.1, 0.15) is 0 Å². The molecule has 1 aliphatic carbocycles. The number of methoxy groups -OCH3 is 1. The Labute approximate surface area is 212 Å². The van der Waals surface area contributed by atoms with Gasteiger partial charge in [0.15, 0.2) is 0 Å². The Morgan fingerprint density at radius 1 is 1.35 bits per heavy atom. The fourth-order valence-electron chi connectivity index (χ4n) is 4.18. The molecule has 0 heterocycles. The van der Waals surface area contributed by atoms with Crippen molar-refractivity contribution in [3.05, 3.63) is 47.1 Å². The van der Waals surface area contributed by atoms with Crippen molar-refractivity contribution in [2.45, 2.75) is 69.7 Å². The molecule has 31 heavy (non-hydrogen) atoms. The molecule has 7 heteroatoms. The summed E-state index contributed by atoms with van der Waals surface area (Å²) < 4.78 is 5.72. The number of aliphatic hydroxyl groups is 2. The van der Waals surface area contributed by atoms with Gasteiger partial charge in [0.25, 0.3) is 0 Å². The summed E-state index contributed by atoms with van der Waals surface area (Å²) in [5.41, 5.74) is 4.56. The molecule has 3 unspecified atom stereocenters. The molecule has 0 spiro atoms. The molecule has 1 aromatic rings. The molecule has 0 saturated heterocycles. The number of hydrogen-bond donors (Lipinski definition) is 3. The van der Waals surface area contributed by atoms with Gasteiger partial charge in [0.2, 0.25) is 0 Å². The van der Waals surface area contributed by atoms with Gasteiger partial charge < -0.3 is 20.1 Å². The van der Waals surface area contributed by atoms with Crippen molar-refractivity contribution in [1.82, 2.24) is 0 Å². The Bertz CT molecular complexity index is 818. The molecule has 3 N–H and O–H groups in total. The summed E-state index contributed by atoms with van der Waals surface area (Å²) in [5, 5.41) is 28.9. The zero-order valence-electron chi connectivity index (χ0n) is 18.5. The van der Waals surface area contributed by atoms with E-state index in [9.17, 15) is 15.0 Å². The first kappa shape index (κ1) is 28.4.